The fourth-order valence-corrected chi connectivity index (χ4v) is 2.83. The van der Waals surface area contributed by atoms with Crippen molar-refractivity contribution in [2.75, 3.05) is 13.7 Å². The first kappa shape index (κ1) is 25.7. The van der Waals surface area contributed by atoms with Gasteiger partial charge in [0.15, 0.2) is 0 Å². The van der Waals surface area contributed by atoms with Crippen molar-refractivity contribution in [1.82, 2.24) is 4.98 Å². The van der Waals surface area contributed by atoms with Crippen molar-refractivity contribution in [2.45, 2.75) is 38.5 Å². The number of hydrogen-bond donors (Lipinski definition) is 1. The Hall–Kier alpha value is -3.56. The van der Waals surface area contributed by atoms with Gasteiger partial charge in [-0.05, 0) is 36.5 Å². The quantitative estimate of drug-likeness (QED) is 0.206. The van der Waals surface area contributed by atoms with Crippen LogP contribution in [0.5, 0.6) is 5.88 Å². The maximum Gasteiger partial charge on any atom is 0.433 e. The molecule has 7 nitrogen and oxygen atoms in total. The molecule has 0 radical (unpaired) electrons. The van der Waals surface area contributed by atoms with Crippen LogP contribution >= 0.6 is 0 Å². The second-order valence-electron chi connectivity index (χ2n) is 6.90. The van der Waals surface area contributed by atoms with Gasteiger partial charge in [-0.15, -0.1) is 0 Å². The van der Waals surface area contributed by atoms with Crippen molar-refractivity contribution >= 4 is 17.5 Å². The number of carbonyl (C=O) groups excluding carboxylic acids is 1. The Morgan fingerprint density at radius 2 is 1.82 bits per heavy atom. The number of halogens is 3. The summed E-state index contributed by atoms with van der Waals surface area (Å²) in [5.74, 6) is -1.73. The number of ether oxygens (including phenoxy) is 3. The molecule has 1 aromatic carbocycles. The van der Waals surface area contributed by atoms with Crippen molar-refractivity contribution in [2.24, 2.45) is 0 Å². The molecule has 0 aliphatic carbocycles. The molecule has 178 valence electrons. The molecular formula is C23H24F3NO6. The van der Waals surface area contributed by atoms with E-state index in [0.29, 0.717) is 30.4 Å². The van der Waals surface area contributed by atoms with Crippen LogP contribution in [-0.4, -0.2) is 35.7 Å². The number of unbranched alkanes of at least 4 members (excludes halogenated alkanes) is 2. The van der Waals surface area contributed by atoms with Crippen LogP contribution in [0.4, 0.5) is 13.2 Å². The molecule has 0 aliphatic rings. The molecular weight excluding hydrogens is 443 g/mol. The van der Waals surface area contributed by atoms with Crippen molar-refractivity contribution in [1.29, 1.82) is 0 Å². The van der Waals surface area contributed by atoms with Crippen molar-refractivity contribution in [3.63, 3.8) is 0 Å². The number of aromatic nitrogens is 1. The predicted octanol–water partition coefficient (Wildman–Crippen LogP) is 4.85. The predicted molar refractivity (Wildman–Crippen MR) is 112 cm³/mol. The summed E-state index contributed by atoms with van der Waals surface area (Å²) in [6.07, 6.45) is -1.48. The van der Waals surface area contributed by atoms with Gasteiger partial charge in [0, 0.05) is 12.5 Å². The number of pyridine rings is 1. The molecule has 0 spiro atoms. The van der Waals surface area contributed by atoms with Crippen LogP contribution in [0.1, 0.15) is 42.5 Å². The highest BCUT2D eigenvalue weighted by molar-refractivity contribution is 6.16. The smallest absolute Gasteiger partial charge is 0.433 e. The summed E-state index contributed by atoms with van der Waals surface area (Å²) in [5.41, 5.74) is -0.0138. The summed E-state index contributed by atoms with van der Waals surface area (Å²) < 4.78 is 54.3. The summed E-state index contributed by atoms with van der Waals surface area (Å²) in [6, 6.07) is 10.0. The van der Waals surface area contributed by atoms with E-state index in [1.54, 1.807) is 24.3 Å². The van der Waals surface area contributed by atoms with Crippen molar-refractivity contribution in [3.05, 3.63) is 65.5 Å². The Bertz CT molecular complexity index is 975. The number of esters is 1. The van der Waals surface area contributed by atoms with E-state index in [-0.39, 0.29) is 31.1 Å². The highest BCUT2D eigenvalue weighted by atomic mass is 19.4. The molecule has 0 saturated heterocycles. The molecule has 2 aromatic rings. The molecule has 0 bridgehead atoms. The number of carboxylic acids is 1. The Morgan fingerprint density at radius 1 is 1.06 bits per heavy atom. The Balaban J connectivity index is 2.10. The second kappa shape index (κ2) is 12.5. The van der Waals surface area contributed by atoms with Gasteiger partial charge in [0.1, 0.15) is 17.9 Å². The van der Waals surface area contributed by atoms with Crippen LogP contribution in [0.25, 0.3) is 5.57 Å². The number of carbonyl (C=O) groups is 2. The van der Waals surface area contributed by atoms with Gasteiger partial charge in [-0.25, -0.2) is 9.78 Å². The van der Waals surface area contributed by atoms with Gasteiger partial charge in [0.25, 0.3) is 0 Å². The zero-order valence-electron chi connectivity index (χ0n) is 17.9. The summed E-state index contributed by atoms with van der Waals surface area (Å²) >= 11 is 0. The Kier molecular flexibility index (Phi) is 9.71. The number of benzene rings is 1. The van der Waals surface area contributed by atoms with Crippen LogP contribution in [0.3, 0.4) is 0 Å². The first-order valence-corrected chi connectivity index (χ1v) is 10.1. The zero-order chi connectivity index (χ0) is 24.3. The molecule has 0 fully saturated rings. The molecule has 10 heteroatoms. The Morgan fingerprint density at radius 3 is 2.52 bits per heavy atom. The Labute approximate surface area is 188 Å². The first-order chi connectivity index (χ1) is 15.7. The van der Waals surface area contributed by atoms with Crippen molar-refractivity contribution < 1.29 is 42.1 Å². The maximum atomic E-state index is 12.9. The molecule has 0 aliphatic heterocycles. The van der Waals surface area contributed by atoms with E-state index in [2.05, 4.69) is 4.98 Å². The number of carboxylic acid groups (broad SMARTS) is 1. The van der Waals surface area contributed by atoms with Crippen LogP contribution in [0.15, 0.2) is 48.7 Å². The van der Waals surface area contributed by atoms with Gasteiger partial charge < -0.3 is 19.3 Å². The number of methoxy groups -OCH3 is 1. The van der Waals surface area contributed by atoms with E-state index in [0.717, 1.165) is 6.07 Å². The molecule has 1 heterocycles. The minimum atomic E-state index is -4.59. The first-order valence-electron chi connectivity index (χ1n) is 10.1. The van der Waals surface area contributed by atoms with Gasteiger partial charge in [0.2, 0.25) is 5.88 Å². The van der Waals surface area contributed by atoms with E-state index in [9.17, 15) is 22.8 Å². The van der Waals surface area contributed by atoms with Crippen molar-refractivity contribution in [3.8, 4) is 5.88 Å². The van der Waals surface area contributed by atoms with E-state index >= 15 is 0 Å². The maximum absolute atomic E-state index is 12.9. The third-order valence-corrected chi connectivity index (χ3v) is 4.46. The minimum absolute atomic E-state index is 0.0807. The number of rotatable bonds is 12. The van der Waals surface area contributed by atoms with Gasteiger partial charge >= 0.3 is 18.1 Å². The number of hydrogen-bond acceptors (Lipinski definition) is 6. The third kappa shape index (κ3) is 8.47. The largest absolute Gasteiger partial charge is 0.500 e. The third-order valence-electron chi connectivity index (χ3n) is 4.46. The lowest BCUT2D eigenvalue weighted by molar-refractivity contribution is -0.141. The van der Waals surface area contributed by atoms with Crippen LogP contribution < -0.4 is 4.74 Å². The van der Waals surface area contributed by atoms with Crippen LogP contribution in [-0.2, 0) is 31.8 Å². The van der Waals surface area contributed by atoms with E-state index in [4.69, 9.17) is 19.3 Å². The fourth-order valence-electron chi connectivity index (χ4n) is 2.83. The van der Waals surface area contributed by atoms with Gasteiger partial charge in [0.05, 0.1) is 20.0 Å². The van der Waals surface area contributed by atoms with E-state index in [1.165, 1.54) is 25.5 Å². The molecule has 1 aromatic heterocycles. The number of nitrogens with zero attached hydrogens (tertiary/aromatic N) is 1. The minimum Gasteiger partial charge on any atom is -0.500 e. The molecule has 0 unspecified atom stereocenters. The van der Waals surface area contributed by atoms with Gasteiger partial charge in [-0.3, -0.25) is 4.79 Å². The molecule has 0 saturated carbocycles. The SMILES string of the molecule is COC(=O)/C(=C\OCCCCCC(=O)O)c1ccccc1COc1cccc(C(F)(F)F)n1. The highest BCUT2D eigenvalue weighted by Gasteiger charge is 2.32. The normalized spacial score (nSPS) is 11.7. The number of aliphatic carboxylic acids is 1. The lowest BCUT2D eigenvalue weighted by Gasteiger charge is -2.13. The molecule has 33 heavy (non-hydrogen) atoms. The van der Waals surface area contributed by atoms with E-state index in [1.807, 2.05) is 0 Å². The molecule has 1 N–H and O–H groups in total. The summed E-state index contributed by atoms with van der Waals surface area (Å²) in [7, 11) is 1.22. The molecule has 0 amide bonds. The number of alkyl halides is 3. The van der Waals surface area contributed by atoms with Gasteiger partial charge in [-0.2, -0.15) is 13.2 Å². The lowest BCUT2D eigenvalue weighted by Crippen LogP contribution is -2.10. The second-order valence-corrected chi connectivity index (χ2v) is 6.90. The lowest BCUT2D eigenvalue weighted by atomic mass is 10.0. The molecule has 2 rings (SSSR count). The average molecular weight is 467 g/mol. The highest BCUT2D eigenvalue weighted by Crippen LogP contribution is 2.29. The average Bonchev–Trinajstić information content (AvgIpc) is 2.79. The summed E-state index contributed by atoms with van der Waals surface area (Å²) in [4.78, 5) is 26.3. The van der Waals surface area contributed by atoms with Gasteiger partial charge in [-0.1, -0.05) is 30.3 Å². The fraction of sp³-hybridized carbons (Fsp3) is 0.348. The summed E-state index contributed by atoms with van der Waals surface area (Å²) in [6.45, 7) is 0.126. The zero-order valence-corrected chi connectivity index (χ0v) is 17.9. The molecule has 0 atom stereocenters. The topological polar surface area (TPSA) is 95.0 Å². The van der Waals surface area contributed by atoms with Crippen LogP contribution in [0, 0.1) is 0 Å². The summed E-state index contributed by atoms with van der Waals surface area (Å²) in [5, 5.41) is 8.64. The monoisotopic (exact) mass is 467 g/mol. The van der Waals surface area contributed by atoms with Crippen LogP contribution in [0.2, 0.25) is 0 Å². The standard InChI is InChI=1S/C23H24F3NO6/c1-31-22(30)18(15-32-13-6-2-3-12-21(28)29)17-9-5-4-8-16(17)14-33-20-11-7-10-19(27-20)23(24,25)26/h4-5,7-11,15H,2-3,6,12-14H2,1H3,(H,28,29)/b18-15-. The van der Waals surface area contributed by atoms with E-state index < -0.39 is 23.8 Å².